The first-order valence-corrected chi connectivity index (χ1v) is 4.66. The van der Waals surface area contributed by atoms with Gasteiger partial charge in [0.05, 0.1) is 13.2 Å². The number of ether oxygens (including phenoxy) is 1. The lowest BCUT2D eigenvalue weighted by Crippen LogP contribution is -2.42. The molecule has 0 aliphatic carbocycles. The van der Waals surface area contributed by atoms with Crippen LogP contribution in [0.4, 0.5) is 0 Å². The molecule has 0 spiro atoms. The zero-order valence-electron chi connectivity index (χ0n) is 7.57. The summed E-state index contributed by atoms with van der Waals surface area (Å²) in [4.78, 5) is 4.28. The van der Waals surface area contributed by atoms with Crippen molar-refractivity contribution in [1.82, 2.24) is 10.3 Å². The quantitative estimate of drug-likeness (QED) is 0.720. The minimum absolute atomic E-state index is 0.434. The number of hydrogen-bond acceptors (Lipinski definition) is 3. The van der Waals surface area contributed by atoms with Crippen LogP contribution < -0.4 is 5.32 Å². The van der Waals surface area contributed by atoms with Crippen LogP contribution in [0.15, 0.2) is 24.4 Å². The van der Waals surface area contributed by atoms with Crippen molar-refractivity contribution in [3.63, 3.8) is 0 Å². The van der Waals surface area contributed by atoms with Crippen LogP contribution in [0.2, 0.25) is 0 Å². The fourth-order valence-corrected chi connectivity index (χ4v) is 1.52. The summed E-state index contributed by atoms with van der Waals surface area (Å²) in [6, 6.07) is 6.44. The second kappa shape index (κ2) is 4.35. The Morgan fingerprint density at radius 1 is 1.54 bits per heavy atom. The minimum atomic E-state index is 0.434. The molecule has 0 radical (unpaired) electrons. The van der Waals surface area contributed by atoms with Gasteiger partial charge in [0.15, 0.2) is 0 Å². The number of pyridine rings is 1. The van der Waals surface area contributed by atoms with Gasteiger partial charge in [-0.05, 0) is 12.1 Å². The highest BCUT2D eigenvalue weighted by Crippen LogP contribution is 2.02. The van der Waals surface area contributed by atoms with Crippen molar-refractivity contribution in [1.29, 1.82) is 0 Å². The average molecular weight is 178 g/mol. The zero-order valence-corrected chi connectivity index (χ0v) is 7.57. The van der Waals surface area contributed by atoms with E-state index in [1.807, 2.05) is 18.3 Å². The molecule has 3 nitrogen and oxygen atoms in total. The van der Waals surface area contributed by atoms with Gasteiger partial charge < -0.3 is 10.1 Å². The van der Waals surface area contributed by atoms with Crippen LogP contribution in [0.3, 0.4) is 0 Å². The van der Waals surface area contributed by atoms with Crippen LogP contribution in [-0.2, 0) is 11.2 Å². The van der Waals surface area contributed by atoms with E-state index in [1.54, 1.807) is 0 Å². The summed E-state index contributed by atoms with van der Waals surface area (Å²) in [5.74, 6) is 0. The molecule has 2 rings (SSSR count). The second-order valence-electron chi connectivity index (χ2n) is 3.25. The van der Waals surface area contributed by atoms with E-state index in [-0.39, 0.29) is 0 Å². The number of aromatic nitrogens is 1. The van der Waals surface area contributed by atoms with Gasteiger partial charge in [0.2, 0.25) is 0 Å². The number of nitrogens with one attached hydrogen (secondary N) is 1. The van der Waals surface area contributed by atoms with Gasteiger partial charge in [-0.15, -0.1) is 0 Å². The summed E-state index contributed by atoms with van der Waals surface area (Å²) in [5, 5.41) is 3.40. The Kier molecular flexibility index (Phi) is 2.90. The Morgan fingerprint density at radius 3 is 3.23 bits per heavy atom. The van der Waals surface area contributed by atoms with Gasteiger partial charge in [-0.1, -0.05) is 6.07 Å². The summed E-state index contributed by atoms with van der Waals surface area (Å²) >= 11 is 0. The fourth-order valence-electron chi connectivity index (χ4n) is 1.52. The van der Waals surface area contributed by atoms with E-state index in [0.29, 0.717) is 6.04 Å². The molecule has 1 aromatic heterocycles. The number of rotatable bonds is 2. The Morgan fingerprint density at radius 2 is 2.54 bits per heavy atom. The Labute approximate surface area is 78.1 Å². The van der Waals surface area contributed by atoms with Crippen LogP contribution >= 0.6 is 0 Å². The van der Waals surface area contributed by atoms with Crippen molar-refractivity contribution in [2.24, 2.45) is 0 Å². The summed E-state index contributed by atoms with van der Waals surface area (Å²) in [5.41, 5.74) is 1.13. The van der Waals surface area contributed by atoms with E-state index in [4.69, 9.17) is 4.74 Å². The molecule has 1 N–H and O–H groups in total. The molecule has 0 amide bonds. The van der Waals surface area contributed by atoms with Crippen LogP contribution in [0.25, 0.3) is 0 Å². The Hall–Kier alpha value is -0.930. The third-order valence-electron chi connectivity index (χ3n) is 2.18. The lowest BCUT2D eigenvalue weighted by Gasteiger charge is -2.23. The first-order valence-electron chi connectivity index (χ1n) is 4.66. The van der Waals surface area contributed by atoms with Crippen LogP contribution in [0.1, 0.15) is 5.69 Å². The van der Waals surface area contributed by atoms with Crippen molar-refractivity contribution in [3.8, 4) is 0 Å². The molecule has 3 heteroatoms. The first-order chi connectivity index (χ1) is 6.45. The van der Waals surface area contributed by atoms with Crippen molar-refractivity contribution in [2.75, 3.05) is 19.8 Å². The minimum Gasteiger partial charge on any atom is -0.379 e. The molecule has 13 heavy (non-hydrogen) atoms. The second-order valence-corrected chi connectivity index (χ2v) is 3.25. The van der Waals surface area contributed by atoms with E-state index < -0.39 is 0 Å². The summed E-state index contributed by atoms with van der Waals surface area (Å²) in [6.07, 6.45) is 2.79. The van der Waals surface area contributed by atoms with E-state index in [1.165, 1.54) is 0 Å². The monoisotopic (exact) mass is 178 g/mol. The smallest absolute Gasteiger partial charge is 0.0624 e. The third-order valence-corrected chi connectivity index (χ3v) is 2.18. The van der Waals surface area contributed by atoms with Crippen LogP contribution in [0, 0.1) is 0 Å². The lowest BCUT2D eigenvalue weighted by molar-refractivity contribution is 0.0767. The van der Waals surface area contributed by atoms with Crippen molar-refractivity contribution in [3.05, 3.63) is 30.1 Å². The molecule has 2 heterocycles. The normalized spacial score (nSPS) is 22.9. The number of hydrogen-bond donors (Lipinski definition) is 1. The van der Waals surface area contributed by atoms with Gasteiger partial charge in [0, 0.05) is 30.9 Å². The molecule has 1 aliphatic rings. The fraction of sp³-hybridized carbons (Fsp3) is 0.500. The molecular weight excluding hydrogens is 164 g/mol. The van der Waals surface area contributed by atoms with Crippen LogP contribution in [-0.4, -0.2) is 30.8 Å². The highest BCUT2D eigenvalue weighted by atomic mass is 16.5. The molecule has 1 atom stereocenters. The van der Waals surface area contributed by atoms with E-state index in [0.717, 1.165) is 31.9 Å². The lowest BCUT2D eigenvalue weighted by atomic mass is 10.1. The molecule has 1 fully saturated rings. The van der Waals surface area contributed by atoms with Crippen molar-refractivity contribution < 1.29 is 4.74 Å². The predicted octanol–water partition coefficient (Wildman–Crippen LogP) is 0.612. The molecule has 0 saturated carbocycles. The molecule has 1 aliphatic heterocycles. The molecule has 1 aromatic rings. The van der Waals surface area contributed by atoms with Crippen molar-refractivity contribution in [2.45, 2.75) is 12.5 Å². The molecular formula is C10H14N2O. The number of morpholine rings is 1. The molecule has 70 valence electrons. The Balaban J connectivity index is 1.90. The summed E-state index contributed by atoms with van der Waals surface area (Å²) in [7, 11) is 0. The van der Waals surface area contributed by atoms with Gasteiger partial charge in [0.1, 0.15) is 0 Å². The predicted molar refractivity (Wildman–Crippen MR) is 50.6 cm³/mol. The van der Waals surface area contributed by atoms with Gasteiger partial charge in [-0.3, -0.25) is 4.98 Å². The van der Waals surface area contributed by atoms with E-state index >= 15 is 0 Å². The van der Waals surface area contributed by atoms with E-state index in [2.05, 4.69) is 16.4 Å². The molecule has 0 unspecified atom stereocenters. The van der Waals surface area contributed by atoms with Gasteiger partial charge >= 0.3 is 0 Å². The zero-order chi connectivity index (χ0) is 8.93. The maximum absolute atomic E-state index is 5.36. The standard InChI is InChI=1S/C10H14N2O/c1-2-4-11-9(3-1)7-10-8-13-6-5-12-10/h1-4,10,12H,5-8H2/t10-/m0/s1. The topological polar surface area (TPSA) is 34.1 Å². The largest absolute Gasteiger partial charge is 0.379 e. The maximum atomic E-state index is 5.36. The van der Waals surface area contributed by atoms with Crippen LogP contribution in [0.5, 0.6) is 0 Å². The van der Waals surface area contributed by atoms with Gasteiger partial charge in [-0.2, -0.15) is 0 Å². The van der Waals surface area contributed by atoms with Gasteiger partial charge in [-0.25, -0.2) is 0 Å². The third kappa shape index (κ3) is 2.50. The highest BCUT2D eigenvalue weighted by Gasteiger charge is 2.13. The Bertz CT molecular complexity index is 244. The highest BCUT2D eigenvalue weighted by molar-refractivity contribution is 5.05. The molecule has 0 bridgehead atoms. The number of nitrogens with zero attached hydrogens (tertiary/aromatic N) is 1. The average Bonchev–Trinajstić information content (AvgIpc) is 2.21. The SMILES string of the molecule is c1ccc(C[C@H]2COCCN2)nc1. The summed E-state index contributed by atoms with van der Waals surface area (Å²) in [6.45, 7) is 2.59. The van der Waals surface area contributed by atoms with E-state index in [9.17, 15) is 0 Å². The first kappa shape index (κ1) is 8.66. The van der Waals surface area contributed by atoms with Crippen molar-refractivity contribution >= 4 is 0 Å². The van der Waals surface area contributed by atoms with Gasteiger partial charge in [0.25, 0.3) is 0 Å². The summed E-state index contributed by atoms with van der Waals surface area (Å²) < 4.78 is 5.36. The maximum Gasteiger partial charge on any atom is 0.0624 e. The molecule has 1 saturated heterocycles. The molecule has 0 aromatic carbocycles.